The standard InChI is InChI=1S/C19H27N3O3S/c1-26(24,25)20-15-5-2-4-14(12-15)17-13-18(17)19(23)22-10-8-21(9-11-22)16-6-3-7-16/h2,4-5,12,16-18,20H,3,6-11,13H2,1H3. The van der Waals surface area contributed by atoms with E-state index in [9.17, 15) is 13.2 Å². The van der Waals surface area contributed by atoms with E-state index in [0.717, 1.165) is 50.5 Å². The first-order chi connectivity index (χ1) is 12.4. The first-order valence-electron chi connectivity index (χ1n) is 9.51. The van der Waals surface area contributed by atoms with Gasteiger partial charge in [-0.25, -0.2) is 8.42 Å². The molecule has 7 heteroatoms. The summed E-state index contributed by atoms with van der Waals surface area (Å²) in [6.07, 6.45) is 5.99. The first-order valence-corrected chi connectivity index (χ1v) is 11.4. The largest absolute Gasteiger partial charge is 0.340 e. The van der Waals surface area contributed by atoms with Gasteiger partial charge in [-0.1, -0.05) is 18.6 Å². The van der Waals surface area contributed by atoms with Crippen molar-refractivity contribution in [1.82, 2.24) is 9.80 Å². The molecule has 4 rings (SSSR count). The fourth-order valence-corrected chi connectivity index (χ4v) is 4.73. The van der Waals surface area contributed by atoms with Gasteiger partial charge in [0, 0.05) is 43.8 Å². The normalized spacial score (nSPS) is 27.0. The fourth-order valence-electron chi connectivity index (χ4n) is 4.18. The Bertz CT molecular complexity index is 783. The summed E-state index contributed by atoms with van der Waals surface area (Å²) < 4.78 is 25.3. The molecule has 1 N–H and O–H groups in total. The van der Waals surface area contributed by atoms with Gasteiger partial charge in [-0.3, -0.25) is 14.4 Å². The third-order valence-electron chi connectivity index (χ3n) is 5.94. The molecule has 0 aromatic heterocycles. The summed E-state index contributed by atoms with van der Waals surface area (Å²) >= 11 is 0. The van der Waals surface area contributed by atoms with E-state index in [2.05, 4.69) is 9.62 Å². The predicted molar refractivity (Wildman–Crippen MR) is 102 cm³/mol. The van der Waals surface area contributed by atoms with E-state index in [1.54, 1.807) is 6.07 Å². The van der Waals surface area contributed by atoms with Crippen LogP contribution in [0.15, 0.2) is 24.3 Å². The van der Waals surface area contributed by atoms with Crippen molar-refractivity contribution in [2.75, 3.05) is 37.2 Å². The van der Waals surface area contributed by atoms with Gasteiger partial charge in [0.25, 0.3) is 0 Å². The van der Waals surface area contributed by atoms with Gasteiger partial charge in [-0.2, -0.15) is 0 Å². The molecule has 1 aliphatic heterocycles. The maximum absolute atomic E-state index is 12.8. The van der Waals surface area contributed by atoms with Gasteiger partial charge in [-0.05, 0) is 42.9 Å². The molecule has 142 valence electrons. The number of nitrogens with zero attached hydrogens (tertiary/aromatic N) is 2. The number of benzene rings is 1. The molecule has 6 nitrogen and oxygen atoms in total. The van der Waals surface area contributed by atoms with Crippen molar-refractivity contribution in [2.24, 2.45) is 5.92 Å². The van der Waals surface area contributed by atoms with Crippen molar-refractivity contribution < 1.29 is 13.2 Å². The Morgan fingerprint density at radius 2 is 1.88 bits per heavy atom. The maximum Gasteiger partial charge on any atom is 0.229 e. The highest BCUT2D eigenvalue weighted by Crippen LogP contribution is 2.49. The minimum absolute atomic E-state index is 0.0544. The fraction of sp³-hybridized carbons (Fsp3) is 0.632. The van der Waals surface area contributed by atoms with Crippen LogP contribution in [0.4, 0.5) is 5.69 Å². The summed E-state index contributed by atoms with van der Waals surface area (Å²) in [5.74, 6) is 0.539. The molecule has 2 atom stereocenters. The third-order valence-corrected chi connectivity index (χ3v) is 6.55. The molecule has 0 radical (unpaired) electrons. The smallest absolute Gasteiger partial charge is 0.229 e. The Kier molecular flexibility index (Phi) is 4.69. The molecular formula is C19H27N3O3S. The summed E-state index contributed by atoms with van der Waals surface area (Å²) in [7, 11) is -3.29. The van der Waals surface area contributed by atoms with Gasteiger partial charge in [0.1, 0.15) is 0 Å². The molecular weight excluding hydrogens is 350 g/mol. The molecule has 3 fully saturated rings. The monoisotopic (exact) mass is 377 g/mol. The molecule has 3 aliphatic rings. The van der Waals surface area contributed by atoms with E-state index in [1.165, 1.54) is 19.3 Å². The van der Waals surface area contributed by atoms with Crippen molar-refractivity contribution in [3.8, 4) is 0 Å². The summed E-state index contributed by atoms with van der Waals surface area (Å²) in [6.45, 7) is 3.69. The van der Waals surface area contributed by atoms with Gasteiger partial charge in [-0.15, -0.1) is 0 Å². The quantitative estimate of drug-likeness (QED) is 0.850. The van der Waals surface area contributed by atoms with Crippen LogP contribution in [0.2, 0.25) is 0 Å². The lowest BCUT2D eigenvalue weighted by Crippen LogP contribution is -2.53. The Morgan fingerprint density at radius 1 is 1.15 bits per heavy atom. The Labute approximate surface area is 155 Å². The summed E-state index contributed by atoms with van der Waals surface area (Å²) in [6, 6.07) is 8.18. The first kappa shape index (κ1) is 17.8. The number of sulfonamides is 1. The van der Waals surface area contributed by atoms with Crippen LogP contribution in [0.1, 0.15) is 37.2 Å². The third kappa shape index (κ3) is 3.88. The highest BCUT2D eigenvalue weighted by Gasteiger charge is 2.46. The van der Waals surface area contributed by atoms with Crippen LogP contribution in [-0.2, 0) is 14.8 Å². The van der Waals surface area contributed by atoms with Crippen LogP contribution in [0, 0.1) is 5.92 Å². The summed E-state index contributed by atoms with van der Waals surface area (Å²) in [4.78, 5) is 17.4. The molecule has 1 amide bonds. The highest BCUT2D eigenvalue weighted by atomic mass is 32.2. The topological polar surface area (TPSA) is 69.7 Å². The number of nitrogens with one attached hydrogen (secondary N) is 1. The van der Waals surface area contributed by atoms with Crippen LogP contribution in [0.25, 0.3) is 0 Å². The molecule has 2 saturated carbocycles. The maximum atomic E-state index is 12.8. The number of hydrogen-bond donors (Lipinski definition) is 1. The van der Waals surface area contributed by atoms with E-state index < -0.39 is 10.0 Å². The molecule has 1 saturated heterocycles. The second-order valence-corrected chi connectivity index (χ2v) is 9.64. The molecule has 2 unspecified atom stereocenters. The van der Waals surface area contributed by atoms with Gasteiger partial charge in [0.2, 0.25) is 15.9 Å². The number of piperazine rings is 1. The highest BCUT2D eigenvalue weighted by molar-refractivity contribution is 7.92. The van der Waals surface area contributed by atoms with Crippen molar-refractivity contribution in [3.63, 3.8) is 0 Å². The van der Waals surface area contributed by atoms with Crippen molar-refractivity contribution in [3.05, 3.63) is 29.8 Å². The lowest BCUT2D eigenvalue weighted by molar-refractivity contribution is -0.135. The van der Waals surface area contributed by atoms with Gasteiger partial charge in [0.15, 0.2) is 0 Å². The van der Waals surface area contributed by atoms with Crippen LogP contribution in [0.3, 0.4) is 0 Å². The second-order valence-electron chi connectivity index (χ2n) is 7.89. The minimum atomic E-state index is -3.29. The van der Waals surface area contributed by atoms with E-state index in [1.807, 2.05) is 23.1 Å². The number of carbonyl (C=O) groups excluding carboxylic acids is 1. The molecule has 1 aromatic rings. The Morgan fingerprint density at radius 3 is 2.50 bits per heavy atom. The predicted octanol–water partition coefficient (Wildman–Crippen LogP) is 1.86. The molecule has 1 aromatic carbocycles. The van der Waals surface area contributed by atoms with E-state index in [4.69, 9.17) is 0 Å². The zero-order valence-electron chi connectivity index (χ0n) is 15.2. The number of carbonyl (C=O) groups is 1. The van der Waals surface area contributed by atoms with E-state index in [-0.39, 0.29) is 17.7 Å². The summed E-state index contributed by atoms with van der Waals surface area (Å²) in [5, 5.41) is 0. The number of rotatable bonds is 5. The molecule has 26 heavy (non-hydrogen) atoms. The van der Waals surface area contributed by atoms with Crippen LogP contribution >= 0.6 is 0 Å². The SMILES string of the molecule is CS(=O)(=O)Nc1cccc(C2CC2C(=O)N2CCN(C3CCC3)CC2)c1. The van der Waals surface area contributed by atoms with Crippen LogP contribution < -0.4 is 4.72 Å². The second kappa shape index (κ2) is 6.85. The molecule has 0 bridgehead atoms. The minimum Gasteiger partial charge on any atom is -0.340 e. The number of amides is 1. The van der Waals surface area contributed by atoms with Crippen molar-refractivity contribution >= 4 is 21.6 Å². The van der Waals surface area contributed by atoms with Crippen molar-refractivity contribution in [1.29, 1.82) is 0 Å². The van der Waals surface area contributed by atoms with E-state index >= 15 is 0 Å². The lowest BCUT2D eigenvalue weighted by Gasteiger charge is -2.43. The van der Waals surface area contributed by atoms with Crippen LogP contribution in [-0.4, -0.2) is 62.6 Å². The van der Waals surface area contributed by atoms with Gasteiger partial charge >= 0.3 is 0 Å². The van der Waals surface area contributed by atoms with Crippen LogP contribution in [0.5, 0.6) is 0 Å². The average Bonchev–Trinajstić information content (AvgIpc) is 3.32. The van der Waals surface area contributed by atoms with Gasteiger partial charge in [0.05, 0.1) is 6.26 Å². The molecule has 1 heterocycles. The van der Waals surface area contributed by atoms with Gasteiger partial charge < -0.3 is 4.90 Å². The zero-order chi connectivity index (χ0) is 18.3. The number of hydrogen-bond acceptors (Lipinski definition) is 4. The molecule has 2 aliphatic carbocycles. The average molecular weight is 378 g/mol. The van der Waals surface area contributed by atoms with E-state index in [0.29, 0.717) is 5.69 Å². The Balaban J connectivity index is 1.33. The van der Waals surface area contributed by atoms with Crippen molar-refractivity contribution in [2.45, 2.75) is 37.6 Å². The lowest BCUT2D eigenvalue weighted by atomic mass is 9.91. The Hall–Kier alpha value is -1.60. The zero-order valence-corrected chi connectivity index (χ0v) is 16.0. The summed E-state index contributed by atoms with van der Waals surface area (Å²) in [5.41, 5.74) is 1.61. The number of anilines is 1. The molecule has 0 spiro atoms.